The van der Waals surface area contributed by atoms with Crippen LogP contribution < -0.4 is 10.6 Å². The minimum atomic E-state index is -0.231. The molecule has 0 unspecified atom stereocenters. The highest BCUT2D eigenvalue weighted by molar-refractivity contribution is 6.29. The molecule has 0 aliphatic rings. The Morgan fingerprint density at radius 2 is 1.86 bits per heavy atom. The van der Waals surface area contributed by atoms with Crippen LogP contribution in [-0.4, -0.2) is 16.8 Å². The number of amides is 2. The van der Waals surface area contributed by atoms with Crippen molar-refractivity contribution in [1.82, 2.24) is 10.3 Å². The molecule has 0 radical (unpaired) electrons. The molecule has 2 amide bonds. The predicted molar refractivity (Wildman–Crippen MR) is 81.2 cm³/mol. The Labute approximate surface area is 127 Å². The maximum Gasteiger partial charge on any atom is 0.255 e. The number of aromatic nitrogens is 1. The lowest BCUT2D eigenvalue weighted by atomic mass is 10.1. The Balaban J connectivity index is 1.99. The second kappa shape index (κ2) is 6.85. The van der Waals surface area contributed by atoms with Crippen LogP contribution in [0.15, 0.2) is 42.6 Å². The molecule has 1 heterocycles. The van der Waals surface area contributed by atoms with Crippen LogP contribution >= 0.6 is 11.6 Å². The molecular formula is C15H14ClN3O2. The van der Waals surface area contributed by atoms with Gasteiger partial charge < -0.3 is 10.6 Å². The van der Waals surface area contributed by atoms with E-state index in [0.29, 0.717) is 22.9 Å². The van der Waals surface area contributed by atoms with Crippen molar-refractivity contribution in [3.8, 4) is 0 Å². The maximum absolute atomic E-state index is 12.0. The first-order chi connectivity index (χ1) is 10.0. The standard InChI is InChI=1S/C15H14ClN3O2/c1-10(20)17-8-11-2-4-12(5-3-11)15(21)19-13-6-7-14(16)18-9-13/h2-7,9H,8H2,1H3,(H,17,20)(H,19,21). The fourth-order valence-corrected chi connectivity index (χ4v) is 1.77. The first-order valence-electron chi connectivity index (χ1n) is 6.31. The molecule has 0 fully saturated rings. The van der Waals surface area contributed by atoms with E-state index in [4.69, 9.17) is 11.6 Å². The van der Waals surface area contributed by atoms with E-state index in [1.54, 1.807) is 36.4 Å². The molecule has 0 saturated heterocycles. The molecule has 108 valence electrons. The van der Waals surface area contributed by atoms with Crippen LogP contribution in [0.25, 0.3) is 0 Å². The first-order valence-corrected chi connectivity index (χ1v) is 6.68. The van der Waals surface area contributed by atoms with Gasteiger partial charge in [0.25, 0.3) is 5.91 Å². The van der Waals surface area contributed by atoms with Gasteiger partial charge in [-0.05, 0) is 29.8 Å². The Morgan fingerprint density at radius 1 is 1.14 bits per heavy atom. The molecule has 0 atom stereocenters. The lowest BCUT2D eigenvalue weighted by Gasteiger charge is -2.06. The summed E-state index contributed by atoms with van der Waals surface area (Å²) in [6.45, 7) is 1.90. The molecule has 0 spiro atoms. The smallest absolute Gasteiger partial charge is 0.255 e. The van der Waals surface area contributed by atoms with Gasteiger partial charge in [-0.1, -0.05) is 23.7 Å². The molecule has 0 aliphatic carbocycles. The van der Waals surface area contributed by atoms with Crippen molar-refractivity contribution in [1.29, 1.82) is 0 Å². The highest BCUT2D eigenvalue weighted by Gasteiger charge is 2.06. The van der Waals surface area contributed by atoms with E-state index in [0.717, 1.165) is 5.56 Å². The second-order valence-corrected chi connectivity index (χ2v) is 4.82. The predicted octanol–water partition coefficient (Wildman–Crippen LogP) is 2.62. The van der Waals surface area contributed by atoms with E-state index in [-0.39, 0.29) is 11.8 Å². The topological polar surface area (TPSA) is 71.1 Å². The number of anilines is 1. The number of halogens is 1. The molecule has 2 aromatic rings. The van der Waals surface area contributed by atoms with Crippen LogP contribution in [0.3, 0.4) is 0 Å². The summed E-state index contributed by atoms with van der Waals surface area (Å²) >= 11 is 5.68. The van der Waals surface area contributed by atoms with Crippen molar-refractivity contribution in [2.24, 2.45) is 0 Å². The summed E-state index contributed by atoms with van der Waals surface area (Å²) in [5.74, 6) is -0.322. The third kappa shape index (κ3) is 4.57. The van der Waals surface area contributed by atoms with Gasteiger partial charge in [-0.15, -0.1) is 0 Å². The number of pyridine rings is 1. The van der Waals surface area contributed by atoms with Crippen LogP contribution in [0.2, 0.25) is 5.15 Å². The summed E-state index contributed by atoms with van der Waals surface area (Å²) in [6, 6.07) is 10.3. The zero-order chi connectivity index (χ0) is 15.2. The van der Waals surface area contributed by atoms with Gasteiger partial charge in [0.15, 0.2) is 0 Å². The Morgan fingerprint density at radius 3 is 2.43 bits per heavy atom. The zero-order valence-electron chi connectivity index (χ0n) is 11.4. The molecule has 0 aliphatic heterocycles. The number of carbonyl (C=O) groups excluding carboxylic acids is 2. The second-order valence-electron chi connectivity index (χ2n) is 4.43. The van der Waals surface area contributed by atoms with Crippen LogP contribution in [0.5, 0.6) is 0 Å². The molecular weight excluding hydrogens is 290 g/mol. The van der Waals surface area contributed by atoms with E-state index in [1.165, 1.54) is 13.1 Å². The molecule has 0 bridgehead atoms. The largest absolute Gasteiger partial charge is 0.352 e. The van der Waals surface area contributed by atoms with Crippen molar-refractivity contribution in [2.45, 2.75) is 13.5 Å². The average molecular weight is 304 g/mol. The molecule has 0 saturated carbocycles. The third-order valence-electron chi connectivity index (χ3n) is 2.74. The number of benzene rings is 1. The molecule has 1 aromatic carbocycles. The number of nitrogens with zero attached hydrogens (tertiary/aromatic N) is 1. The SMILES string of the molecule is CC(=O)NCc1ccc(C(=O)Nc2ccc(Cl)nc2)cc1. The van der Waals surface area contributed by atoms with Gasteiger partial charge in [-0.2, -0.15) is 0 Å². The zero-order valence-corrected chi connectivity index (χ0v) is 12.1. The van der Waals surface area contributed by atoms with Gasteiger partial charge in [0.05, 0.1) is 11.9 Å². The van der Waals surface area contributed by atoms with Gasteiger partial charge in [0.2, 0.25) is 5.91 Å². The number of carbonyl (C=O) groups is 2. The Bertz CT molecular complexity index is 639. The maximum atomic E-state index is 12.0. The van der Waals surface area contributed by atoms with Gasteiger partial charge in [-0.25, -0.2) is 4.98 Å². The van der Waals surface area contributed by atoms with Gasteiger partial charge in [-0.3, -0.25) is 9.59 Å². The molecule has 5 nitrogen and oxygen atoms in total. The fourth-order valence-electron chi connectivity index (χ4n) is 1.65. The molecule has 1 aromatic heterocycles. The van der Waals surface area contributed by atoms with E-state index in [1.807, 2.05) is 0 Å². The van der Waals surface area contributed by atoms with Crippen molar-refractivity contribution in [3.63, 3.8) is 0 Å². The highest BCUT2D eigenvalue weighted by atomic mass is 35.5. The third-order valence-corrected chi connectivity index (χ3v) is 2.97. The monoisotopic (exact) mass is 303 g/mol. The highest BCUT2D eigenvalue weighted by Crippen LogP contribution is 2.12. The van der Waals surface area contributed by atoms with Gasteiger partial charge in [0, 0.05) is 19.0 Å². The van der Waals surface area contributed by atoms with Gasteiger partial charge in [0.1, 0.15) is 5.15 Å². The summed E-state index contributed by atoms with van der Waals surface area (Å²) in [7, 11) is 0. The summed E-state index contributed by atoms with van der Waals surface area (Å²) in [5, 5.41) is 5.79. The van der Waals surface area contributed by atoms with Gasteiger partial charge >= 0.3 is 0 Å². The van der Waals surface area contributed by atoms with Crippen LogP contribution in [0, 0.1) is 0 Å². The quantitative estimate of drug-likeness (QED) is 0.853. The number of nitrogens with one attached hydrogen (secondary N) is 2. The number of hydrogen-bond acceptors (Lipinski definition) is 3. The minimum absolute atomic E-state index is 0.0907. The van der Waals surface area contributed by atoms with Crippen molar-refractivity contribution < 1.29 is 9.59 Å². The van der Waals surface area contributed by atoms with E-state index in [9.17, 15) is 9.59 Å². The fraction of sp³-hybridized carbons (Fsp3) is 0.133. The lowest BCUT2D eigenvalue weighted by molar-refractivity contribution is -0.119. The summed E-state index contributed by atoms with van der Waals surface area (Å²) in [5.41, 5.74) is 2.03. The van der Waals surface area contributed by atoms with Crippen LogP contribution in [-0.2, 0) is 11.3 Å². The molecule has 2 N–H and O–H groups in total. The summed E-state index contributed by atoms with van der Waals surface area (Å²) in [6.07, 6.45) is 1.49. The Hall–Kier alpha value is -2.40. The Kier molecular flexibility index (Phi) is 4.90. The molecule has 2 rings (SSSR count). The van der Waals surface area contributed by atoms with Crippen molar-refractivity contribution in [2.75, 3.05) is 5.32 Å². The average Bonchev–Trinajstić information content (AvgIpc) is 2.48. The van der Waals surface area contributed by atoms with E-state index < -0.39 is 0 Å². The minimum Gasteiger partial charge on any atom is -0.352 e. The van der Waals surface area contributed by atoms with Crippen LogP contribution in [0.1, 0.15) is 22.8 Å². The first kappa shape index (κ1) is 15.0. The van der Waals surface area contributed by atoms with Crippen molar-refractivity contribution in [3.05, 3.63) is 58.9 Å². The number of hydrogen-bond donors (Lipinski definition) is 2. The molecule has 6 heteroatoms. The summed E-state index contributed by atoms with van der Waals surface area (Å²) in [4.78, 5) is 26.8. The molecule has 21 heavy (non-hydrogen) atoms. The van der Waals surface area contributed by atoms with Crippen LogP contribution in [0.4, 0.5) is 5.69 Å². The van der Waals surface area contributed by atoms with E-state index >= 15 is 0 Å². The normalized spacial score (nSPS) is 10.0. The van der Waals surface area contributed by atoms with E-state index in [2.05, 4.69) is 15.6 Å². The lowest BCUT2D eigenvalue weighted by Crippen LogP contribution is -2.19. The number of rotatable bonds is 4. The van der Waals surface area contributed by atoms with Crippen molar-refractivity contribution >= 4 is 29.1 Å². The summed E-state index contributed by atoms with van der Waals surface area (Å²) < 4.78 is 0.